The Hall–Kier alpha value is -0.270. The standard InChI is InChI=1S/C10H18O4P2/c1-9(2)5-4-6-10(3)7-8-14-16(12,13)15-11/h5,7H,4,6,8H2,1-3H3,(H,12,13). The fraction of sp³-hybridized carbons (Fsp3) is 0.600. The van der Waals surface area contributed by atoms with Crippen LogP contribution in [0.3, 0.4) is 0 Å². The summed E-state index contributed by atoms with van der Waals surface area (Å²) in [5, 5.41) is 0. The fourth-order valence-electron chi connectivity index (χ4n) is 0.991. The molecule has 4 nitrogen and oxygen atoms in total. The predicted molar refractivity (Wildman–Crippen MR) is 65.8 cm³/mol. The third-order valence-electron chi connectivity index (χ3n) is 1.87. The highest BCUT2D eigenvalue weighted by Crippen LogP contribution is 2.54. The van der Waals surface area contributed by atoms with Gasteiger partial charge in [-0.3, -0.25) is 9.09 Å². The zero-order valence-electron chi connectivity index (χ0n) is 9.84. The van der Waals surface area contributed by atoms with E-state index in [0.29, 0.717) is 0 Å². The van der Waals surface area contributed by atoms with Crippen LogP contribution in [0.15, 0.2) is 23.3 Å². The summed E-state index contributed by atoms with van der Waals surface area (Å²) >= 11 is 0. The molecular weight excluding hydrogens is 246 g/mol. The molecule has 0 aromatic carbocycles. The zero-order valence-corrected chi connectivity index (χ0v) is 11.6. The van der Waals surface area contributed by atoms with Crippen molar-refractivity contribution >= 4 is 15.4 Å². The van der Waals surface area contributed by atoms with E-state index in [1.54, 1.807) is 6.08 Å². The van der Waals surface area contributed by atoms with Gasteiger partial charge in [-0.2, -0.15) is 0 Å². The Balaban J connectivity index is 3.92. The third kappa shape index (κ3) is 8.99. The van der Waals surface area contributed by atoms with E-state index in [1.807, 2.05) is 20.8 Å². The lowest BCUT2D eigenvalue weighted by molar-refractivity contribution is 0.303. The molecule has 0 saturated carbocycles. The van der Waals surface area contributed by atoms with Crippen LogP contribution in [0, 0.1) is 0 Å². The molecule has 0 saturated heterocycles. The second kappa shape index (κ2) is 7.92. The van der Waals surface area contributed by atoms with Crippen LogP contribution < -0.4 is 0 Å². The normalized spacial score (nSPS) is 15.9. The van der Waals surface area contributed by atoms with Crippen molar-refractivity contribution in [3.63, 3.8) is 0 Å². The molecule has 1 atom stereocenters. The van der Waals surface area contributed by atoms with Gasteiger partial charge >= 0.3 is 7.28 Å². The van der Waals surface area contributed by atoms with Gasteiger partial charge in [-0.25, -0.2) is 4.57 Å². The molecule has 0 bridgehead atoms. The van der Waals surface area contributed by atoms with Gasteiger partial charge in [-0.15, -0.1) is 0 Å². The minimum atomic E-state index is -3.91. The molecule has 0 spiro atoms. The molecule has 0 amide bonds. The number of hydrogen-bond acceptors (Lipinski definition) is 3. The van der Waals surface area contributed by atoms with Gasteiger partial charge < -0.3 is 4.89 Å². The Morgan fingerprint density at radius 3 is 2.50 bits per heavy atom. The summed E-state index contributed by atoms with van der Waals surface area (Å²) in [6.07, 6.45) is 5.69. The van der Waals surface area contributed by atoms with Crippen LogP contribution in [0.4, 0.5) is 0 Å². The van der Waals surface area contributed by atoms with Crippen LogP contribution in [-0.4, -0.2) is 11.5 Å². The fourth-order valence-corrected chi connectivity index (χ4v) is 1.65. The largest absolute Gasteiger partial charge is 0.417 e. The van der Waals surface area contributed by atoms with E-state index in [4.69, 9.17) is 4.89 Å². The minimum Gasteiger partial charge on any atom is -0.316 e. The molecule has 0 rings (SSSR count). The molecule has 0 aromatic rings. The maximum Gasteiger partial charge on any atom is 0.417 e. The van der Waals surface area contributed by atoms with Crippen molar-refractivity contribution in [3.8, 4) is 0 Å². The average Bonchev–Trinajstić information content (AvgIpc) is 2.17. The molecule has 0 aliphatic rings. The Kier molecular flexibility index (Phi) is 7.78. The predicted octanol–water partition coefficient (Wildman–Crippen LogP) is 4.09. The van der Waals surface area contributed by atoms with E-state index in [1.165, 1.54) is 5.57 Å². The SMILES string of the molecule is CC(C)=CCCC(C)=CCOP(=O)(O)P=O. The summed E-state index contributed by atoms with van der Waals surface area (Å²) < 4.78 is 25.6. The summed E-state index contributed by atoms with van der Waals surface area (Å²) in [6, 6.07) is 0. The van der Waals surface area contributed by atoms with Gasteiger partial charge in [0.2, 0.25) is 0 Å². The lowest BCUT2D eigenvalue weighted by Crippen LogP contribution is -1.87. The van der Waals surface area contributed by atoms with Gasteiger partial charge in [0, 0.05) is 0 Å². The van der Waals surface area contributed by atoms with Crippen molar-refractivity contribution in [2.24, 2.45) is 0 Å². The summed E-state index contributed by atoms with van der Waals surface area (Å²) in [7, 11) is -4.77. The van der Waals surface area contributed by atoms with E-state index >= 15 is 0 Å². The number of hydrogen-bond donors (Lipinski definition) is 1. The van der Waals surface area contributed by atoms with E-state index in [0.717, 1.165) is 18.4 Å². The van der Waals surface area contributed by atoms with Gasteiger partial charge in [0.05, 0.1) is 6.61 Å². The Morgan fingerprint density at radius 1 is 1.38 bits per heavy atom. The molecule has 0 aromatic heterocycles. The molecule has 6 heteroatoms. The first-order chi connectivity index (χ1) is 7.37. The molecule has 92 valence electrons. The van der Waals surface area contributed by atoms with E-state index in [2.05, 4.69) is 10.6 Å². The summed E-state index contributed by atoms with van der Waals surface area (Å²) in [5.74, 6) is 0. The topological polar surface area (TPSA) is 63.6 Å². The number of allylic oxidation sites excluding steroid dienone is 3. The van der Waals surface area contributed by atoms with E-state index in [-0.39, 0.29) is 6.61 Å². The van der Waals surface area contributed by atoms with E-state index < -0.39 is 15.4 Å². The summed E-state index contributed by atoms with van der Waals surface area (Å²) in [6.45, 7) is 6.03. The first kappa shape index (κ1) is 15.7. The lowest BCUT2D eigenvalue weighted by Gasteiger charge is -2.02. The minimum absolute atomic E-state index is 0.0175. The van der Waals surface area contributed by atoms with Crippen LogP contribution >= 0.6 is 15.4 Å². The third-order valence-corrected chi connectivity index (χ3v) is 3.53. The maximum atomic E-state index is 10.8. The molecular formula is C10H18O4P2. The van der Waals surface area contributed by atoms with Gasteiger partial charge in [0.15, 0.2) is 0 Å². The van der Waals surface area contributed by atoms with Crippen LogP contribution in [-0.2, 0) is 13.7 Å². The van der Waals surface area contributed by atoms with Crippen molar-refractivity contribution in [2.75, 3.05) is 6.61 Å². The van der Waals surface area contributed by atoms with Gasteiger partial charge in [0.1, 0.15) is 0 Å². The molecule has 0 radical (unpaired) electrons. The second-order valence-corrected chi connectivity index (χ2v) is 7.15. The van der Waals surface area contributed by atoms with Crippen molar-refractivity contribution < 1.29 is 18.5 Å². The van der Waals surface area contributed by atoms with Crippen LogP contribution in [0.1, 0.15) is 33.6 Å². The lowest BCUT2D eigenvalue weighted by atomic mass is 10.1. The van der Waals surface area contributed by atoms with Gasteiger partial charge in [-0.1, -0.05) is 23.3 Å². The Bertz CT molecular complexity index is 330. The van der Waals surface area contributed by atoms with Crippen molar-refractivity contribution in [2.45, 2.75) is 33.6 Å². The number of rotatable bonds is 7. The van der Waals surface area contributed by atoms with Gasteiger partial charge in [0.25, 0.3) is 8.15 Å². The first-order valence-corrected chi connectivity index (χ1v) is 8.08. The monoisotopic (exact) mass is 264 g/mol. The average molecular weight is 264 g/mol. The highest BCUT2D eigenvalue weighted by Gasteiger charge is 2.17. The van der Waals surface area contributed by atoms with Crippen molar-refractivity contribution in [1.29, 1.82) is 0 Å². The van der Waals surface area contributed by atoms with Crippen molar-refractivity contribution in [1.82, 2.24) is 0 Å². The Morgan fingerprint density at radius 2 is 2.00 bits per heavy atom. The van der Waals surface area contributed by atoms with Crippen LogP contribution in [0.5, 0.6) is 0 Å². The molecule has 1 unspecified atom stereocenters. The molecule has 0 aliphatic carbocycles. The molecule has 0 heterocycles. The van der Waals surface area contributed by atoms with Gasteiger partial charge in [-0.05, 0) is 33.6 Å². The highest BCUT2D eigenvalue weighted by atomic mass is 32.1. The van der Waals surface area contributed by atoms with Crippen molar-refractivity contribution in [3.05, 3.63) is 23.3 Å². The maximum absolute atomic E-state index is 10.8. The first-order valence-electron chi connectivity index (χ1n) is 4.98. The zero-order chi connectivity index (χ0) is 12.6. The molecule has 0 fully saturated rings. The van der Waals surface area contributed by atoms with Crippen LogP contribution in [0.2, 0.25) is 0 Å². The quantitative estimate of drug-likeness (QED) is 0.555. The van der Waals surface area contributed by atoms with E-state index in [9.17, 15) is 9.13 Å². The Labute approximate surface area is 98.0 Å². The second-order valence-electron chi connectivity index (χ2n) is 3.74. The molecule has 0 aliphatic heterocycles. The smallest absolute Gasteiger partial charge is 0.316 e. The summed E-state index contributed by atoms with van der Waals surface area (Å²) in [4.78, 5) is 8.85. The summed E-state index contributed by atoms with van der Waals surface area (Å²) in [5.41, 5.74) is 2.36. The molecule has 16 heavy (non-hydrogen) atoms. The molecule has 1 N–H and O–H groups in total. The van der Waals surface area contributed by atoms with Crippen LogP contribution in [0.25, 0.3) is 0 Å². The highest BCUT2D eigenvalue weighted by molar-refractivity contribution is 8.14.